The van der Waals surface area contributed by atoms with Gasteiger partial charge in [0.1, 0.15) is 11.6 Å². The summed E-state index contributed by atoms with van der Waals surface area (Å²) in [6.07, 6.45) is 3.72. The highest BCUT2D eigenvalue weighted by Crippen LogP contribution is 2.17. The van der Waals surface area contributed by atoms with Crippen LogP contribution >= 0.6 is 11.5 Å². The van der Waals surface area contributed by atoms with Crippen LogP contribution in [-0.4, -0.2) is 18.9 Å². The van der Waals surface area contributed by atoms with Crippen LogP contribution in [0.3, 0.4) is 0 Å². The van der Waals surface area contributed by atoms with Crippen molar-refractivity contribution in [2.24, 2.45) is 7.05 Å². The number of hydrogen-bond acceptors (Lipinski definition) is 5. The molecule has 0 atom stereocenters. The van der Waals surface area contributed by atoms with Crippen LogP contribution < -0.4 is 5.32 Å². The largest absolute Gasteiger partial charge is 0.353 e. The summed E-state index contributed by atoms with van der Waals surface area (Å²) in [6, 6.07) is 0. The van der Waals surface area contributed by atoms with Crippen molar-refractivity contribution < 1.29 is 0 Å². The third-order valence-corrected chi connectivity index (χ3v) is 2.96. The van der Waals surface area contributed by atoms with Crippen LogP contribution in [0.1, 0.15) is 31.4 Å². The first-order valence-corrected chi connectivity index (χ1v) is 5.98. The van der Waals surface area contributed by atoms with Crippen LogP contribution in [-0.2, 0) is 13.6 Å². The summed E-state index contributed by atoms with van der Waals surface area (Å²) in [4.78, 5) is 8.63. The van der Waals surface area contributed by atoms with E-state index in [1.807, 2.05) is 17.8 Å². The number of nitrogens with one attached hydrogen (secondary N) is 1. The Hall–Kier alpha value is -1.43. The van der Waals surface area contributed by atoms with E-state index in [1.54, 1.807) is 6.20 Å². The highest BCUT2D eigenvalue weighted by Gasteiger charge is 2.07. The number of rotatable bonds is 4. The van der Waals surface area contributed by atoms with E-state index in [1.165, 1.54) is 11.5 Å². The molecule has 0 fully saturated rings. The Kier molecular flexibility index (Phi) is 3.19. The van der Waals surface area contributed by atoms with Crippen LogP contribution in [0, 0.1) is 0 Å². The average molecular weight is 237 g/mol. The molecule has 1 N–H and O–H groups in total. The van der Waals surface area contributed by atoms with Crippen molar-refractivity contribution in [3.63, 3.8) is 0 Å². The maximum Gasteiger partial charge on any atom is 0.202 e. The molecule has 0 aliphatic carbocycles. The Morgan fingerprint density at radius 1 is 1.50 bits per heavy atom. The molecule has 2 aromatic heterocycles. The van der Waals surface area contributed by atoms with Gasteiger partial charge in [-0.1, -0.05) is 13.8 Å². The van der Waals surface area contributed by atoms with E-state index >= 15 is 0 Å². The fourth-order valence-corrected chi connectivity index (χ4v) is 1.97. The molecule has 2 heterocycles. The van der Waals surface area contributed by atoms with Gasteiger partial charge in [-0.05, 0) is 0 Å². The SMILES string of the molecule is CC(C)c1nsc(NCc2nccn2C)n1. The molecule has 0 unspecified atom stereocenters. The Balaban J connectivity index is 1.97. The van der Waals surface area contributed by atoms with Crippen LogP contribution in [0.25, 0.3) is 0 Å². The van der Waals surface area contributed by atoms with Crippen LogP contribution in [0.5, 0.6) is 0 Å². The number of nitrogens with zero attached hydrogens (tertiary/aromatic N) is 4. The fourth-order valence-electron chi connectivity index (χ4n) is 1.26. The summed E-state index contributed by atoms with van der Waals surface area (Å²) in [5, 5.41) is 4.08. The Morgan fingerprint density at radius 2 is 2.31 bits per heavy atom. The third-order valence-electron chi connectivity index (χ3n) is 2.28. The van der Waals surface area contributed by atoms with E-state index in [2.05, 4.69) is 33.5 Å². The molecule has 6 heteroatoms. The minimum atomic E-state index is 0.375. The quantitative estimate of drug-likeness (QED) is 0.883. The molecule has 0 aliphatic heterocycles. The Morgan fingerprint density at radius 3 is 2.88 bits per heavy atom. The maximum atomic E-state index is 4.40. The lowest BCUT2D eigenvalue weighted by atomic mass is 10.2. The summed E-state index contributed by atoms with van der Waals surface area (Å²) in [5.41, 5.74) is 0. The first kappa shape index (κ1) is 11.1. The number of aryl methyl sites for hydroxylation is 1. The van der Waals surface area contributed by atoms with Gasteiger partial charge in [0.25, 0.3) is 0 Å². The highest BCUT2D eigenvalue weighted by molar-refractivity contribution is 7.09. The van der Waals surface area contributed by atoms with Gasteiger partial charge in [-0.15, -0.1) is 0 Å². The van der Waals surface area contributed by atoms with Gasteiger partial charge < -0.3 is 9.88 Å². The maximum absolute atomic E-state index is 4.40. The van der Waals surface area contributed by atoms with Gasteiger partial charge in [0.05, 0.1) is 6.54 Å². The lowest BCUT2D eigenvalue weighted by Crippen LogP contribution is -2.05. The van der Waals surface area contributed by atoms with Crippen LogP contribution in [0.4, 0.5) is 5.13 Å². The van der Waals surface area contributed by atoms with Gasteiger partial charge in [-0.25, -0.2) is 9.97 Å². The Labute approximate surface area is 98.7 Å². The van der Waals surface area contributed by atoms with Crippen molar-refractivity contribution in [3.05, 3.63) is 24.0 Å². The van der Waals surface area contributed by atoms with E-state index in [0.717, 1.165) is 16.8 Å². The topological polar surface area (TPSA) is 55.6 Å². The van der Waals surface area contributed by atoms with Gasteiger partial charge in [0.2, 0.25) is 5.13 Å². The number of hydrogen-bond donors (Lipinski definition) is 1. The summed E-state index contributed by atoms with van der Waals surface area (Å²) in [7, 11) is 1.98. The molecule has 0 saturated heterocycles. The average Bonchev–Trinajstić information content (AvgIpc) is 2.83. The summed E-state index contributed by atoms with van der Waals surface area (Å²) < 4.78 is 6.26. The Bertz CT molecular complexity index is 459. The van der Waals surface area contributed by atoms with Crippen molar-refractivity contribution in [2.75, 3.05) is 5.32 Å². The lowest BCUT2D eigenvalue weighted by Gasteiger charge is -2.02. The monoisotopic (exact) mass is 237 g/mol. The predicted octanol–water partition coefficient (Wildman–Crippen LogP) is 2.01. The van der Waals surface area contributed by atoms with Crippen molar-refractivity contribution in [1.29, 1.82) is 0 Å². The fraction of sp³-hybridized carbons (Fsp3) is 0.500. The summed E-state index contributed by atoms with van der Waals surface area (Å²) in [6.45, 7) is 4.85. The van der Waals surface area contributed by atoms with Gasteiger partial charge in [-0.3, -0.25) is 0 Å². The normalized spacial score (nSPS) is 11.0. The zero-order valence-electron chi connectivity index (χ0n) is 9.64. The molecular formula is C10H15N5S. The summed E-state index contributed by atoms with van der Waals surface area (Å²) >= 11 is 1.40. The smallest absolute Gasteiger partial charge is 0.202 e. The molecule has 0 amide bonds. The van der Waals surface area contributed by atoms with E-state index in [4.69, 9.17) is 0 Å². The van der Waals surface area contributed by atoms with E-state index in [-0.39, 0.29) is 0 Å². The predicted molar refractivity (Wildman–Crippen MR) is 64.5 cm³/mol. The molecule has 5 nitrogen and oxygen atoms in total. The molecule has 0 radical (unpaired) electrons. The zero-order valence-corrected chi connectivity index (χ0v) is 10.5. The number of anilines is 1. The number of aromatic nitrogens is 4. The zero-order chi connectivity index (χ0) is 11.5. The standard InChI is InChI=1S/C10H15N5S/c1-7(2)9-13-10(16-14-9)12-6-8-11-4-5-15(8)3/h4-5,7H,6H2,1-3H3,(H,12,13,14). The summed E-state index contributed by atoms with van der Waals surface area (Å²) in [5.74, 6) is 2.26. The molecule has 0 aromatic carbocycles. The van der Waals surface area contributed by atoms with Crippen molar-refractivity contribution in [2.45, 2.75) is 26.3 Å². The first-order chi connectivity index (χ1) is 7.66. The van der Waals surface area contributed by atoms with E-state index < -0.39 is 0 Å². The minimum Gasteiger partial charge on any atom is -0.353 e. The van der Waals surface area contributed by atoms with Crippen LogP contribution in [0.2, 0.25) is 0 Å². The third kappa shape index (κ3) is 2.38. The molecular weight excluding hydrogens is 222 g/mol. The lowest BCUT2D eigenvalue weighted by molar-refractivity contribution is 0.793. The molecule has 86 valence electrons. The van der Waals surface area contributed by atoms with Crippen molar-refractivity contribution >= 4 is 16.7 Å². The van der Waals surface area contributed by atoms with Gasteiger partial charge >= 0.3 is 0 Å². The van der Waals surface area contributed by atoms with Gasteiger partial charge in [0.15, 0.2) is 0 Å². The molecule has 0 saturated carbocycles. The van der Waals surface area contributed by atoms with Crippen LogP contribution in [0.15, 0.2) is 12.4 Å². The molecule has 2 aromatic rings. The van der Waals surface area contributed by atoms with Crippen molar-refractivity contribution in [3.8, 4) is 0 Å². The molecule has 2 rings (SSSR count). The number of imidazole rings is 1. The van der Waals surface area contributed by atoms with E-state index in [0.29, 0.717) is 12.5 Å². The van der Waals surface area contributed by atoms with Crippen molar-refractivity contribution in [1.82, 2.24) is 18.9 Å². The molecule has 0 spiro atoms. The first-order valence-electron chi connectivity index (χ1n) is 5.20. The highest BCUT2D eigenvalue weighted by atomic mass is 32.1. The van der Waals surface area contributed by atoms with Gasteiger partial charge in [0, 0.05) is 36.9 Å². The molecule has 0 bridgehead atoms. The molecule has 16 heavy (non-hydrogen) atoms. The van der Waals surface area contributed by atoms with Gasteiger partial charge in [-0.2, -0.15) is 4.37 Å². The molecule has 0 aliphatic rings. The van der Waals surface area contributed by atoms with E-state index in [9.17, 15) is 0 Å². The minimum absolute atomic E-state index is 0.375. The second-order valence-electron chi connectivity index (χ2n) is 3.92. The second kappa shape index (κ2) is 4.61. The second-order valence-corrected chi connectivity index (χ2v) is 4.67.